The molecule has 22 heavy (non-hydrogen) atoms. The Morgan fingerprint density at radius 3 is 1.36 bits per heavy atom. The minimum atomic E-state index is -1.11. The van der Waals surface area contributed by atoms with Crippen molar-refractivity contribution >= 4 is 11.9 Å². The van der Waals surface area contributed by atoms with E-state index in [0.29, 0.717) is 12.8 Å². The standard InChI is InChI=1S/C16H28O6/c1-3-5-7-9-11-21-15(19)13(17)14(18)16(20)22-12-10-8-6-4-2/h17-18H,3-12H2,1-2H3/b14-13+. The summed E-state index contributed by atoms with van der Waals surface area (Å²) in [4.78, 5) is 22.9. The van der Waals surface area contributed by atoms with E-state index >= 15 is 0 Å². The molecule has 0 fully saturated rings. The van der Waals surface area contributed by atoms with Gasteiger partial charge in [0.05, 0.1) is 13.2 Å². The van der Waals surface area contributed by atoms with E-state index < -0.39 is 23.5 Å². The van der Waals surface area contributed by atoms with Gasteiger partial charge in [0.2, 0.25) is 0 Å². The molecule has 0 amide bonds. The lowest BCUT2D eigenvalue weighted by atomic mass is 10.2. The van der Waals surface area contributed by atoms with E-state index in [1.165, 1.54) is 0 Å². The van der Waals surface area contributed by atoms with Gasteiger partial charge in [-0.1, -0.05) is 52.4 Å². The zero-order valence-corrected chi connectivity index (χ0v) is 13.6. The molecule has 0 unspecified atom stereocenters. The van der Waals surface area contributed by atoms with Crippen LogP contribution in [0.4, 0.5) is 0 Å². The van der Waals surface area contributed by atoms with E-state index in [4.69, 9.17) is 9.47 Å². The Morgan fingerprint density at radius 2 is 1.05 bits per heavy atom. The number of esters is 2. The molecular weight excluding hydrogens is 288 g/mol. The van der Waals surface area contributed by atoms with Gasteiger partial charge >= 0.3 is 11.9 Å². The topological polar surface area (TPSA) is 93.1 Å². The van der Waals surface area contributed by atoms with Crippen LogP contribution in [0.3, 0.4) is 0 Å². The summed E-state index contributed by atoms with van der Waals surface area (Å²) in [6, 6.07) is 0. The van der Waals surface area contributed by atoms with E-state index in [1.54, 1.807) is 0 Å². The quantitative estimate of drug-likeness (QED) is 0.247. The highest BCUT2D eigenvalue weighted by atomic mass is 16.6. The highest BCUT2D eigenvalue weighted by molar-refractivity contribution is 5.96. The first-order chi connectivity index (χ1) is 10.5. The van der Waals surface area contributed by atoms with E-state index in [0.717, 1.165) is 38.5 Å². The molecule has 0 bridgehead atoms. The van der Waals surface area contributed by atoms with Crippen molar-refractivity contribution in [3.8, 4) is 0 Å². The molecule has 0 heterocycles. The Labute approximate surface area is 132 Å². The number of hydrogen-bond donors (Lipinski definition) is 2. The summed E-state index contributed by atoms with van der Waals surface area (Å²) in [5.74, 6) is -4.43. The Bertz CT molecular complexity index is 328. The summed E-state index contributed by atoms with van der Waals surface area (Å²) in [5.41, 5.74) is 0. The number of hydrogen-bond acceptors (Lipinski definition) is 6. The molecule has 6 nitrogen and oxygen atoms in total. The molecule has 0 aromatic carbocycles. The molecule has 128 valence electrons. The molecule has 0 radical (unpaired) electrons. The fraction of sp³-hybridized carbons (Fsp3) is 0.750. The number of rotatable bonds is 12. The SMILES string of the molecule is CCCCCCOC(=O)/C(O)=C(\O)C(=O)OCCCCCC. The molecule has 0 aliphatic heterocycles. The lowest BCUT2D eigenvalue weighted by Gasteiger charge is -2.07. The molecule has 0 rings (SSSR count). The van der Waals surface area contributed by atoms with Gasteiger partial charge in [0.25, 0.3) is 11.5 Å². The summed E-state index contributed by atoms with van der Waals surface area (Å²) >= 11 is 0. The fourth-order valence-electron chi connectivity index (χ4n) is 1.72. The van der Waals surface area contributed by atoms with Gasteiger partial charge in [-0.15, -0.1) is 0 Å². The number of carbonyl (C=O) groups excluding carboxylic acids is 2. The van der Waals surface area contributed by atoms with Crippen LogP contribution in [0.1, 0.15) is 65.2 Å². The third-order valence-corrected chi connectivity index (χ3v) is 3.07. The van der Waals surface area contributed by atoms with Gasteiger partial charge in [0.15, 0.2) is 0 Å². The maximum atomic E-state index is 11.4. The Morgan fingerprint density at radius 1 is 0.682 bits per heavy atom. The number of aliphatic hydroxyl groups excluding tert-OH is 2. The predicted octanol–water partition coefficient (Wildman–Crippen LogP) is 3.56. The molecule has 0 aliphatic carbocycles. The first-order valence-corrected chi connectivity index (χ1v) is 8.01. The van der Waals surface area contributed by atoms with Crippen molar-refractivity contribution in [2.45, 2.75) is 65.2 Å². The van der Waals surface area contributed by atoms with Crippen molar-refractivity contribution in [2.75, 3.05) is 13.2 Å². The first-order valence-electron chi connectivity index (χ1n) is 8.01. The third-order valence-electron chi connectivity index (χ3n) is 3.07. The number of ether oxygens (including phenoxy) is 2. The third kappa shape index (κ3) is 9.26. The maximum Gasteiger partial charge on any atom is 0.377 e. The predicted molar refractivity (Wildman–Crippen MR) is 82.5 cm³/mol. The highest BCUT2D eigenvalue weighted by Gasteiger charge is 2.22. The number of unbranched alkanes of at least 4 members (excludes halogenated alkanes) is 6. The van der Waals surface area contributed by atoms with Crippen molar-refractivity contribution in [2.24, 2.45) is 0 Å². The van der Waals surface area contributed by atoms with Gasteiger partial charge in [-0.05, 0) is 12.8 Å². The molecule has 6 heteroatoms. The van der Waals surface area contributed by atoms with Crippen molar-refractivity contribution in [1.82, 2.24) is 0 Å². The van der Waals surface area contributed by atoms with Crippen LogP contribution in [0.5, 0.6) is 0 Å². The summed E-state index contributed by atoms with van der Waals surface area (Å²) in [7, 11) is 0. The van der Waals surface area contributed by atoms with Crippen molar-refractivity contribution < 1.29 is 29.3 Å². The summed E-state index contributed by atoms with van der Waals surface area (Å²) in [6.45, 7) is 4.41. The van der Waals surface area contributed by atoms with Crippen molar-refractivity contribution in [3.05, 3.63) is 11.5 Å². The van der Waals surface area contributed by atoms with E-state index in [9.17, 15) is 19.8 Å². The molecule has 0 saturated carbocycles. The lowest BCUT2D eigenvalue weighted by molar-refractivity contribution is -0.147. The minimum Gasteiger partial charge on any atom is -0.499 e. The second kappa shape index (κ2) is 13.0. The van der Waals surface area contributed by atoms with Crippen LogP contribution in [-0.2, 0) is 19.1 Å². The van der Waals surface area contributed by atoms with Gasteiger partial charge in [-0.25, -0.2) is 9.59 Å². The second-order valence-electron chi connectivity index (χ2n) is 5.09. The molecule has 0 aromatic heterocycles. The average molecular weight is 316 g/mol. The Kier molecular flexibility index (Phi) is 12.0. The van der Waals surface area contributed by atoms with Gasteiger partial charge in [0.1, 0.15) is 0 Å². The van der Waals surface area contributed by atoms with Crippen LogP contribution >= 0.6 is 0 Å². The Balaban J connectivity index is 4.09. The molecule has 0 spiro atoms. The Hall–Kier alpha value is -1.72. The maximum absolute atomic E-state index is 11.4. The highest BCUT2D eigenvalue weighted by Crippen LogP contribution is 2.06. The van der Waals surface area contributed by atoms with Crippen LogP contribution in [0.15, 0.2) is 11.5 Å². The van der Waals surface area contributed by atoms with Crippen LogP contribution < -0.4 is 0 Å². The van der Waals surface area contributed by atoms with Gasteiger partial charge < -0.3 is 19.7 Å². The van der Waals surface area contributed by atoms with E-state index in [-0.39, 0.29) is 13.2 Å². The smallest absolute Gasteiger partial charge is 0.377 e. The molecule has 0 saturated heterocycles. The monoisotopic (exact) mass is 316 g/mol. The number of aliphatic hydroxyl groups is 2. The van der Waals surface area contributed by atoms with E-state index in [1.807, 2.05) is 0 Å². The number of carbonyl (C=O) groups is 2. The molecule has 0 aromatic rings. The largest absolute Gasteiger partial charge is 0.499 e. The van der Waals surface area contributed by atoms with Gasteiger partial charge in [-0.2, -0.15) is 0 Å². The molecular formula is C16H28O6. The fourth-order valence-corrected chi connectivity index (χ4v) is 1.72. The van der Waals surface area contributed by atoms with Crippen molar-refractivity contribution in [3.63, 3.8) is 0 Å². The summed E-state index contributed by atoms with van der Waals surface area (Å²) in [5, 5.41) is 18.9. The van der Waals surface area contributed by atoms with E-state index in [2.05, 4.69) is 13.8 Å². The van der Waals surface area contributed by atoms with Crippen LogP contribution in [-0.4, -0.2) is 35.4 Å². The lowest BCUT2D eigenvalue weighted by Crippen LogP contribution is -2.17. The molecule has 2 N–H and O–H groups in total. The summed E-state index contributed by atoms with van der Waals surface area (Å²) < 4.78 is 9.53. The van der Waals surface area contributed by atoms with Crippen molar-refractivity contribution in [1.29, 1.82) is 0 Å². The van der Waals surface area contributed by atoms with Crippen LogP contribution in [0.2, 0.25) is 0 Å². The van der Waals surface area contributed by atoms with Gasteiger partial charge in [-0.3, -0.25) is 0 Å². The minimum absolute atomic E-state index is 0.141. The summed E-state index contributed by atoms with van der Waals surface area (Å²) in [6.07, 6.45) is 7.38. The van der Waals surface area contributed by atoms with Gasteiger partial charge in [0, 0.05) is 0 Å². The first kappa shape index (κ1) is 20.3. The normalized spacial score (nSPS) is 11.7. The zero-order chi connectivity index (χ0) is 16.8. The van der Waals surface area contributed by atoms with Crippen LogP contribution in [0, 0.1) is 0 Å². The molecule has 0 aliphatic rings. The molecule has 0 atom stereocenters. The second-order valence-corrected chi connectivity index (χ2v) is 5.09. The zero-order valence-electron chi connectivity index (χ0n) is 13.6. The average Bonchev–Trinajstić information content (AvgIpc) is 2.52. The van der Waals surface area contributed by atoms with Crippen LogP contribution in [0.25, 0.3) is 0 Å².